The van der Waals surface area contributed by atoms with Crippen molar-refractivity contribution < 1.29 is 9.69 Å². The quantitative estimate of drug-likeness (QED) is 0.432. The number of piperazine rings is 1. The van der Waals surface area contributed by atoms with Gasteiger partial charge in [-0.2, -0.15) is 5.26 Å². The first-order valence-corrected chi connectivity index (χ1v) is 12.7. The Kier molecular flexibility index (Phi) is 7.11. The third kappa shape index (κ3) is 5.45. The molecule has 4 aromatic rings. The standard InChI is InChI=1S/C30H30N6O/c1-21-12-13-24(18-22(21)2)32-30(37)25(19-31)28-29(34-27-11-7-6-10-26(27)33-28)36-16-14-35(15-17-36)20-23-8-4-3-5-9-23/h3-13,18,25H,14-17,20H2,1-2H3,(H,32,37)/p+1/t25-/m0/s1. The third-order valence-electron chi connectivity index (χ3n) is 7.08. The zero-order chi connectivity index (χ0) is 25.8. The molecule has 1 saturated heterocycles. The van der Waals surface area contributed by atoms with Gasteiger partial charge in [-0.25, -0.2) is 9.97 Å². The van der Waals surface area contributed by atoms with E-state index in [1.807, 2.05) is 62.4 Å². The van der Waals surface area contributed by atoms with Gasteiger partial charge in [-0.1, -0.05) is 48.5 Å². The SMILES string of the molecule is Cc1ccc(NC(=O)[C@@H](C#N)c2nc3ccccc3nc2N2CC[NH+](Cc3ccccc3)CC2)cc1C. The molecule has 1 aliphatic heterocycles. The maximum atomic E-state index is 13.3. The largest absolute Gasteiger partial charge is 0.344 e. The van der Waals surface area contributed by atoms with E-state index in [0.717, 1.165) is 49.4 Å². The lowest BCUT2D eigenvalue weighted by Crippen LogP contribution is -3.13. The maximum Gasteiger partial charge on any atom is 0.248 e. The van der Waals surface area contributed by atoms with E-state index in [9.17, 15) is 10.1 Å². The zero-order valence-corrected chi connectivity index (χ0v) is 21.2. The fourth-order valence-electron chi connectivity index (χ4n) is 4.80. The summed E-state index contributed by atoms with van der Waals surface area (Å²) in [4.78, 5) is 26.7. The first-order valence-electron chi connectivity index (χ1n) is 12.7. The van der Waals surface area contributed by atoms with Gasteiger partial charge in [0.1, 0.15) is 12.2 Å². The summed E-state index contributed by atoms with van der Waals surface area (Å²) >= 11 is 0. The molecule has 1 aliphatic rings. The van der Waals surface area contributed by atoms with Crippen molar-refractivity contribution >= 4 is 28.4 Å². The predicted molar refractivity (Wildman–Crippen MR) is 145 cm³/mol. The summed E-state index contributed by atoms with van der Waals surface area (Å²) in [7, 11) is 0. The van der Waals surface area contributed by atoms with Crippen LogP contribution >= 0.6 is 0 Å². The highest BCUT2D eigenvalue weighted by Crippen LogP contribution is 2.28. The topological polar surface area (TPSA) is 86.3 Å². The third-order valence-corrected chi connectivity index (χ3v) is 7.08. The van der Waals surface area contributed by atoms with Gasteiger partial charge in [0.15, 0.2) is 11.7 Å². The monoisotopic (exact) mass is 491 g/mol. The Labute approximate surface area is 217 Å². The Hall–Kier alpha value is -4.28. The summed E-state index contributed by atoms with van der Waals surface area (Å²) in [5, 5.41) is 13.0. The highest BCUT2D eigenvalue weighted by Gasteiger charge is 2.31. The number of aromatic nitrogens is 2. The smallest absolute Gasteiger partial charge is 0.248 e. The molecule has 1 aromatic heterocycles. The molecule has 0 unspecified atom stereocenters. The molecule has 0 bridgehead atoms. The molecule has 7 nitrogen and oxygen atoms in total. The van der Waals surface area contributed by atoms with Gasteiger partial charge in [0.2, 0.25) is 5.91 Å². The van der Waals surface area contributed by atoms with Crippen LogP contribution in [0.15, 0.2) is 72.8 Å². The normalized spacial score (nSPS) is 14.8. The molecule has 2 N–H and O–H groups in total. The summed E-state index contributed by atoms with van der Waals surface area (Å²) in [6.07, 6.45) is 0. The fraction of sp³-hybridized carbons (Fsp3) is 0.267. The molecule has 0 saturated carbocycles. The van der Waals surface area contributed by atoms with Crippen molar-refractivity contribution in [3.63, 3.8) is 0 Å². The van der Waals surface area contributed by atoms with E-state index >= 15 is 0 Å². The second-order valence-corrected chi connectivity index (χ2v) is 9.67. The Morgan fingerprint density at radius 1 is 0.973 bits per heavy atom. The Morgan fingerprint density at radius 3 is 2.32 bits per heavy atom. The summed E-state index contributed by atoms with van der Waals surface area (Å²) < 4.78 is 0. The van der Waals surface area contributed by atoms with Crippen LogP contribution in [-0.4, -0.2) is 42.1 Å². The number of para-hydroxylation sites is 2. The van der Waals surface area contributed by atoms with Gasteiger partial charge in [-0.05, 0) is 49.2 Å². The highest BCUT2D eigenvalue weighted by molar-refractivity contribution is 5.98. The van der Waals surface area contributed by atoms with E-state index in [1.54, 1.807) is 0 Å². The number of aryl methyl sites for hydroxylation is 2. The number of hydrogen-bond donors (Lipinski definition) is 2. The summed E-state index contributed by atoms with van der Waals surface area (Å²) in [5.41, 5.74) is 6.06. The number of carbonyl (C=O) groups excluding carboxylic acids is 1. The second kappa shape index (κ2) is 10.8. The van der Waals surface area contributed by atoms with Crippen LogP contribution in [0.5, 0.6) is 0 Å². The summed E-state index contributed by atoms with van der Waals surface area (Å²) in [5.74, 6) is -0.854. The molecule has 0 spiro atoms. The van der Waals surface area contributed by atoms with Crippen LogP contribution in [0.3, 0.4) is 0 Å². The molecule has 186 valence electrons. The lowest BCUT2D eigenvalue weighted by atomic mass is 10.0. The van der Waals surface area contributed by atoms with Crippen molar-refractivity contribution in [3.8, 4) is 6.07 Å². The van der Waals surface area contributed by atoms with E-state index in [4.69, 9.17) is 9.97 Å². The van der Waals surface area contributed by atoms with Crippen LogP contribution in [0, 0.1) is 25.2 Å². The first kappa shape index (κ1) is 24.4. The summed E-state index contributed by atoms with van der Waals surface area (Å²) in [6, 6.07) is 26.1. The number of amides is 1. The lowest BCUT2D eigenvalue weighted by molar-refractivity contribution is -0.914. The van der Waals surface area contributed by atoms with E-state index in [0.29, 0.717) is 22.7 Å². The van der Waals surface area contributed by atoms with Gasteiger partial charge in [-0.15, -0.1) is 0 Å². The molecule has 1 fully saturated rings. The molecule has 1 atom stereocenters. The molecule has 3 aromatic carbocycles. The number of fused-ring (bicyclic) bond motifs is 1. The Bertz CT molecular complexity index is 1450. The van der Waals surface area contributed by atoms with Crippen molar-refractivity contribution in [2.24, 2.45) is 0 Å². The maximum absolute atomic E-state index is 13.3. The minimum atomic E-state index is -1.08. The number of hydrogen-bond acceptors (Lipinski definition) is 5. The van der Waals surface area contributed by atoms with Crippen LogP contribution in [0.1, 0.15) is 28.3 Å². The molecule has 0 radical (unpaired) electrons. The van der Waals surface area contributed by atoms with Gasteiger partial charge in [0, 0.05) is 11.3 Å². The molecule has 1 amide bonds. The second-order valence-electron chi connectivity index (χ2n) is 9.67. The minimum Gasteiger partial charge on any atom is -0.344 e. The molecular weight excluding hydrogens is 460 g/mol. The lowest BCUT2D eigenvalue weighted by Gasteiger charge is -2.34. The van der Waals surface area contributed by atoms with Crippen LogP contribution < -0.4 is 15.1 Å². The number of nitriles is 1. The zero-order valence-electron chi connectivity index (χ0n) is 21.2. The average Bonchev–Trinajstić information content (AvgIpc) is 2.92. The number of rotatable bonds is 6. The van der Waals surface area contributed by atoms with Crippen molar-refractivity contribution in [1.29, 1.82) is 5.26 Å². The van der Waals surface area contributed by atoms with Gasteiger partial charge in [-0.3, -0.25) is 4.79 Å². The molecule has 37 heavy (non-hydrogen) atoms. The number of nitrogens with one attached hydrogen (secondary N) is 2. The number of quaternary nitrogens is 1. The first-order chi connectivity index (χ1) is 18.0. The molecular formula is C30H31N6O+. The number of anilines is 2. The number of carbonyl (C=O) groups is 1. The van der Waals surface area contributed by atoms with E-state index in [1.165, 1.54) is 10.5 Å². The predicted octanol–water partition coefficient (Wildman–Crippen LogP) is 3.40. The van der Waals surface area contributed by atoms with Crippen molar-refractivity contribution in [2.45, 2.75) is 26.3 Å². The fourth-order valence-corrected chi connectivity index (χ4v) is 4.80. The van der Waals surface area contributed by atoms with Crippen LogP contribution in [-0.2, 0) is 11.3 Å². The van der Waals surface area contributed by atoms with Gasteiger partial charge >= 0.3 is 0 Å². The van der Waals surface area contributed by atoms with Crippen LogP contribution in [0.4, 0.5) is 11.5 Å². The van der Waals surface area contributed by atoms with Gasteiger partial charge < -0.3 is 15.1 Å². The van der Waals surface area contributed by atoms with Crippen LogP contribution in [0.25, 0.3) is 11.0 Å². The molecule has 7 heteroatoms. The van der Waals surface area contributed by atoms with E-state index in [-0.39, 0.29) is 0 Å². The van der Waals surface area contributed by atoms with E-state index < -0.39 is 11.8 Å². The van der Waals surface area contributed by atoms with Gasteiger partial charge in [0.25, 0.3) is 0 Å². The Morgan fingerprint density at radius 2 is 1.65 bits per heavy atom. The number of benzene rings is 3. The Balaban J connectivity index is 1.41. The van der Waals surface area contributed by atoms with E-state index in [2.05, 4.69) is 40.6 Å². The van der Waals surface area contributed by atoms with Crippen LogP contribution in [0.2, 0.25) is 0 Å². The van der Waals surface area contributed by atoms with Crippen molar-refractivity contribution in [3.05, 3.63) is 95.2 Å². The molecule has 5 rings (SSSR count). The highest BCUT2D eigenvalue weighted by atomic mass is 16.1. The average molecular weight is 492 g/mol. The number of nitrogens with zero attached hydrogens (tertiary/aromatic N) is 4. The minimum absolute atomic E-state index is 0.398. The van der Waals surface area contributed by atoms with Crippen molar-refractivity contribution in [1.82, 2.24) is 9.97 Å². The molecule has 0 aliphatic carbocycles. The molecule has 2 heterocycles. The van der Waals surface area contributed by atoms with Gasteiger partial charge in [0.05, 0.1) is 43.3 Å². The van der Waals surface area contributed by atoms with Crippen molar-refractivity contribution in [2.75, 3.05) is 36.4 Å². The summed E-state index contributed by atoms with van der Waals surface area (Å²) in [6.45, 7) is 8.43.